The largest absolute Gasteiger partial charge is 0.481 e. The molecule has 8 heteroatoms. The van der Waals surface area contributed by atoms with Gasteiger partial charge in [-0.1, -0.05) is 69.3 Å². The van der Waals surface area contributed by atoms with Crippen LogP contribution < -0.4 is 5.32 Å². The monoisotopic (exact) mass is 657 g/mol. The van der Waals surface area contributed by atoms with E-state index < -0.39 is 5.97 Å². The molecule has 0 aliphatic carbocycles. The van der Waals surface area contributed by atoms with Gasteiger partial charge in [-0.2, -0.15) is 0 Å². The average molecular weight is 658 g/mol. The molecule has 0 spiro atoms. The minimum Gasteiger partial charge on any atom is -0.481 e. The first-order valence-corrected chi connectivity index (χ1v) is 17.7. The van der Waals surface area contributed by atoms with Crippen molar-refractivity contribution >= 4 is 44.8 Å². The zero-order valence-corrected chi connectivity index (χ0v) is 28.8. The number of aliphatic carboxylic acids is 1. The summed E-state index contributed by atoms with van der Waals surface area (Å²) >= 11 is 1.65. The number of hydrogen-bond donors (Lipinski definition) is 2. The molecular formula is C40H43N5O2S. The second-order valence-electron chi connectivity index (χ2n) is 13.5. The van der Waals surface area contributed by atoms with Gasteiger partial charge in [0.2, 0.25) is 0 Å². The number of nitrogens with one attached hydrogen (secondary N) is 1. The molecule has 48 heavy (non-hydrogen) atoms. The molecule has 6 aromatic rings. The topological polar surface area (TPSA) is 101 Å². The van der Waals surface area contributed by atoms with Crippen molar-refractivity contribution in [3.8, 4) is 0 Å². The number of benzene rings is 2. The van der Waals surface area contributed by atoms with Gasteiger partial charge in [0.15, 0.2) is 0 Å². The van der Waals surface area contributed by atoms with E-state index in [1.165, 1.54) is 22.9 Å². The lowest BCUT2D eigenvalue weighted by molar-refractivity contribution is -0.137. The van der Waals surface area contributed by atoms with Crippen molar-refractivity contribution in [2.75, 3.05) is 11.9 Å². The maximum atomic E-state index is 11.6. The highest BCUT2D eigenvalue weighted by Gasteiger charge is 2.20. The maximum absolute atomic E-state index is 11.6. The van der Waals surface area contributed by atoms with Crippen LogP contribution >= 0.6 is 11.3 Å². The Balaban J connectivity index is 0.000000239. The number of thiazole rings is 1. The van der Waals surface area contributed by atoms with Crippen molar-refractivity contribution in [1.82, 2.24) is 19.9 Å². The first-order valence-electron chi connectivity index (χ1n) is 16.8. The zero-order chi connectivity index (χ0) is 33.5. The van der Waals surface area contributed by atoms with Crippen LogP contribution in [0.4, 0.5) is 5.82 Å². The molecule has 1 aliphatic rings. The van der Waals surface area contributed by atoms with Gasteiger partial charge in [0.1, 0.15) is 5.82 Å². The molecule has 7 rings (SSSR count). The van der Waals surface area contributed by atoms with Crippen molar-refractivity contribution in [3.63, 3.8) is 0 Å². The number of carbonyl (C=O) groups is 1. The Morgan fingerprint density at radius 3 is 2.50 bits per heavy atom. The minimum absolute atomic E-state index is 0.0379. The van der Waals surface area contributed by atoms with E-state index in [4.69, 9.17) is 9.97 Å². The third kappa shape index (κ3) is 8.61. The van der Waals surface area contributed by atoms with Crippen LogP contribution in [0.25, 0.3) is 21.7 Å². The molecule has 246 valence electrons. The fourth-order valence-corrected chi connectivity index (χ4v) is 6.89. The lowest BCUT2D eigenvalue weighted by Gasteiger charge is -2.18. The molecule has 0 saturated heterocycles. The number of aromatic nitrogens is 4. The number of carboxylic acids is 1. The van der Waals surface area contributed by atoms with E-state index in [9.17, 15) is 9.90 Å². The zero-order valence-electron chi connectivity index (χ0n) is 27.9. The second-order valence-corrected chi connectivity index (χ2v) is 14.5. The van der Waals surface area contributed by atoms with Gasteiger partial charge < -0.3 is 10.4 Å². The van der Waals surface area contributed by atoms with Crippen LogP contribution in [-0.2, 0) is 35.9 Å². The van der Waals surface area contributed by atoms with Gasteiger partial charge in [-0.15, -0.1) is 11.3 Å². The molecular weight excluding hydrogens is 615 g/mol. The van der Waals surface area contributed by atoms with Gasteiger partial charge in [-0.05, 0) is 84.7 Å². The summed E-state index contributed by atoms with van der Waals surface area (Å²) in [7, 11) is 0. The summed E-state index contributed by atoms with van der Waals surface area (Å²) in [4.78, 5) is 30.2. The van der Waals surface area contributed by atoms with Crippen molar-refractivity contribution in [1.29, 1.82) is 0 Å². The van der Waals surface area contributed by atoms with E-state index in [1.54, 1.807) is 11.3 Å². The van der Waals surface area contributed by atoms with Gasteiger partial charge >= 0.3 is 5.97 Å². The Hall–Kier alpha value is -4.69. The van der Waals surface area contributed by atoms with Crippen molar-refractivity contribution in [2.24, 2.45) is 0 Å². The first-order chi connectivity index (χ1) is 23.2. The van der Waals surface area contributed by atoms with Crippen molar-refractivity contribution in [3.05, 3.63) is 124 Å². The molecule has 0 amide bonds. The quantitative estimate of drug-likeness (QED) is 0.160. The van der Waals surface area contributed by atoms with Crippen LogP contribution in [0.15, 0.2) is 90.6 Å². The Morgan fingerprint density at radius 2 is 1.69 bits per heavy atom. The SMILES string of the molecule is CC(C)(C)c1cnc2ccccc2c1.O=C(O)CC(Cc1csc(CCCc2ccc3c(n2)NCCC3)n1)c1cc2ccccc2cn1. The summed E-state index contributed by atoms with van der Waals surface area (Å²) in [6.07, 6.45) is 9.51. The molecule has 0 bridgehead atoms. The van der Waals surface area contributed by atoms with Crippen molar-refractivity contribution < 1.29 is 9.90 Å². The van der Waals surface area contributed by atoms with E-state index in [0.717, 1.165) is 76.4 Å². The molecule has 1 aliphatic heterocycles. The fourth-order valence-electron chi connectivity index (χ4n) is 6.04. The fraction of sp³-hybridized carbons (Fsp3) is 0.325. The lowest BCUT2D eigenvalue weighted by Crippen LogP contribution is -2.14. The Kier molecular flexibility index (Phi) is 10.4. The van der Waals surface area contributed by atoms with E-state index in [0.29, 0.717) is 6.42 Å². The molecule has 2 N–H and O–H groups in total. The van der Waals surface area contributed by atoms with Crippen LogP contribution in [0, 0.1) is 0 Å². The summed E-state index contributed by atoms with van der Waals surface area (Å²) in [6.45, 7) is 7.62. The maximum Gasteiger partial charge on any atom is 0.304 e. The highest BCUT2D eigenvalue weighted by atomic mass is 32.1. The van der Waals surface area contributed by atoms with Crippen LogP contribution in [0.1, 0.15) is 79.2 Å². The molecule has 1 unspecified atom stereocenters. The van der Waals surface area contributed by atoms with E-state index in [1.807, 2.05) is 54.9 Å². The van der Waals surface area contributed by atoms with Gasteiger partial charge in [0.25, 0.3) is 0 Å². The summed E-state index contributed by atoms with van der Waals surface area (Å²) in [5, 5.41) is 19.4. The summed E-state index contributed by atoms with van der Waals surface area (Å²) in [5.41, 5.74) is 6.72. The number of nitrogens with zero attached hydrogens (tertiary/aromatic N) is 4. The lowest BCUT2D eigenvalue weighted by atomic mass is 9.88. The predicted octanol–water partition coefficient (Wildman–Crippen LogP) is 8.95. The molecule has 0 radical (unpaired) electrons. The minimum atomic E-state index is -0.817. The summed E-state index contributed by atoms with van der Waals surface area (Å²) in [5.74, 6) is 0.0266. The number of aryl methyl sites for hydroxylation is 3. The Morgan fingerprint density at radius 1 is 0.896 bits per heavy atom. The van der Waals surface area contributed by atoms with E-state index >= 15 is 0 Å². The number of carboxylic acid groups (broad SMARTS) is 1. The third-order valence-corrected chi connectivity index (χ3v) is 9.74. The van der Waals surface area contributed by atoms with Gasteiger partial charge in [0, 0.05) is 52.4 Å². The van der Waals surface area contributed by atoms with E-state index in [2.05, 4.69) is 71.8 Å². The Labute approximate surface area is 286 Å². The molecule has 7 nitrogen and oxygen atoms in total. The molecule has 2 aromatic carbocycles. The van der Waals surface area contributed by atoms with Gasteiger partial charge in [0.05, 0.1) is 22.6 Å². The number of rotatable bonds is 9. The highest BCUT2D eigenvalue weighted by Crippen LogP contribution is 2.28. The van der Waals surface area contributed by atoms with Crippen LogP contribution in [0.2, 0.25) is 0 Å². The number of para-hydroxylation sites is 1. The number of fused-ring (bicyclic) bond motifs is 3. The average Bonchev–Trinajstić information content (AvgIpc) is 3.54. The first kappa shape index (κ1) is 33.2. The van der Waals surface area contributed by atoms with Crippen LogP contribution in [-0.4, -0.2) is 37.6 Å². The number of anilines is 1. The predicted molar refractivity (Wildman–Crippen MR) is 196 cm³/mol. The summed E-state index contributed by atoms with van der Waals surface area (Å²) in [6, 6.07) is 24.8. The number of hydrogen-bond acceptors (Lipinski definition) is 7. The molecule has 1 atom stereocenters. The highest BCUT2D eigenvalue weighted by molar-refractivity contribution is 7.09. The van der Waals surface area contributed by atoms with Crippen molar-refractivity contribution in [2.45, 2.75) is 77.0 Å². The third-order valence-electron chi connectivity index (χ3n) is 8.78. The molecule has 0 saturated carbocycles. The molecule has 5 heterocycles. The van der Waals surface area contributed by atoms with Gasteiger partial charge in [-0.3, -0.25) is 14.8 Å². The molecule has 0 fully saturated rings. The van der Waals surface area contributed by atoms with Gasteiger partial charge in [-0.25, -0.2) is 9.97 Å². The van der Waals surface area contributed by atoms with Crippen LogP contribution in [0.3, 0.4) is 0 Å². The number of pyridine rings is 3. The summed E-state index contributed by atoms with van der Waals surface area (Å²) < 4.78 is 0. The smallest absolute Gasteiger partial charge is 0.304 e. The van der Waals surface area contributed by atoms with Crippen LogP contribution in [0.5, 0.6) is 0 Å². The normalized spacial score (nSPS) is 13.3. The Bertz CT molecular complexity index is 2010. The van der Waals surface area contributed by atoms with E-state index in [-0.39, 0.29) is 17.8 Å². The standard InChI is InChI=1S/C27H28N4O2S.C13H15N/c32-26(33)15-21(24-14-19-5-1-2-6-20(19)16-29-24)13-23-17-34-25(30-23)9-3-8-22-11-10-18-7-4-12-28-27(18)31-22;1-13(2,3)11-8-10-6-4-5-7-12(10)14-9-11/h1-2,5-6,10-11,14,16-17,21H,3-4,7-9,12-13,15H2,(H,28,31)(H,32,33);4-9H,1-3H3. The second kappa shape index (κ2) is 15.0. The molecule has 4 aromatic heterocycles.